The normalized spacial score (nSPS) is 25.0. The van der Waals surface area contributed by atoms with Gasteiger partial charge in [0.25, 0.3) is 0 Å². The molecule has 4 N–H and O–H groups in total. The summed E-state index contributed by atoms with van der Waals surface area (Å²) in [5.41, 5.74) is 4.74. The molecule has 0 amide bonds. The van der Waals surface area contributed by atoms with Crippen LogP contribution in [0.1, 0.15) is 40.3 Å². The zero-order valence-corrected chi connectivity index (χ0v) is 22.9. The Morgan fingerprint density at radius 3 is 2.78 bits per heavy atom. The highest BCUT2D eigenvalue weighted by Gasteiger charge is 2.57. The molecule has 1 aliphatic heterocycles. The van der Waals surface area contributed by atoms with E-state index < -0.39 is 50.9 Å². The van der Waals surface area contributed by atoms with Crippen molar-refractivity contribution < 1.29 is 32.9 Å². The zero-order valence-electron chi connectivity index (χ0n) is 21.3. The van der Waals surface area contributed by atoms with Crippen molar-refractivity contribution in [3.05, 3.63) is 6.33 Å². The maximum absolute atomic E-state index is 15.4. The number of carbonyl (C=O) groups is 1. The van der Waals surface area contributed by atoms with Crippen LogP contribution in [0.25, 0.3) is 11.2 Å². The molecule has 0 aliphatic carbocycles. The van der Waals surface area contributed by atoms with Crippen molar-refractivity contribution in [2.45, 2.75) is 70.4 Å². The number of halogens is 2. The number of hydrogen-bond acceptors (Lipinski definition) is 11. The molecule has 3 rings (SSSR count). The molecule has 0 aromatic carbocycles. The van der Waals surface area contributed by atoms with Gasteiger partial charge in [-0.15, -0.1) is 16.1 Å². The zero-order chi connectivity index (χ0) is 27.5. The van der Waals surface area contributed by atoms with Crippen molar-refractivity contribution in [2.75, 3.05) is 36.7 Å². The first-order valence-corrected chi connectivity index (χ1v) is 13.5. The Bertz CT molecular complexity index is 1130. The van der Waals surface area contributed by atoms with Gasteiger partial charge >= 0.3 is 14.1 Å². The minimum absolute atomic E-state index is 0.0405. The lowest BCUT2D eigenvalue weighted by Crippen LogP contribution is -2.47. The largest absolute Gasteiger partial charge is 0.613 e. The number of fused-ring (bicyclic) bond motifs is 1. The fraction of sp³-hybridized carbons (Fsp3) is 0.714. The number of nitrogens with zero attached hydrogens (tertiary/aromatic N) is 5. The van der Waals surface area contributed by atoms with E-state index in [2.05, 4.69) is 20.0 Å². The maximum atomic E-state index is 15.4. The van der Waals surface area contributed by atoms with Crippen LogP contribution >= 0.6 is 19.8 Å². The summed E-state index contributed by atoms with van der Waals surface area (Å²) in [5.74, 6) is -0.571. The number of aliphatic hydroxyl groups excluding tert-OH is 1. The van der Waals surface area contributed by atoms with Crippen molar-refractivity contribution in [3.8, 4) is 0 Å². The molecule has 6 atom stereocenters. The highest BCUT2D eigenvalue weighted by Crippen LogP contribution is 2.42. The van der Waals surface area contributed by atoms with Gasteiger partial charge < -0.3 is 25.2 Å². The average molecular weight is 565 g/mol. The number of aromatic nitrogens is 4. The van der Waals surface area contributed by atoms with Crippen LogP contribution in [0.5, 0.6) is 0 Å². The number of nitrogens with two attached hydrogens (primary N) is 1. The van der Waals surface area contributed by atoms with Crippen LogP contribution in [0, 0.1) is 0 Å². The molecule has 1 aliphatic rings. The van der Waals surface area contributed by atoms with Crippen LogP contribution < -0.4 is 15.7 Å². The summed E-state index contributed by atoms with van der Waals surface area (Å²) < 4.78 is 45.4. The van der Waals surface area contributed by atoms with Crippen molar-refractivity contribution >= 4 is 48.7 Å². The monoisotopic (exact) mass is 564 g/mol. The lowest BCUT2D eigenvalue weighted by molar-refractivity contribution is -0.149. The van der Waals surface area contributed by atoms with E-state index in [4.69, 9.17) is 31.3 Å². The molecule has 0 saturated carbocycles. The molecule has 16 heteroatoms. The smallest absolute Gasteiger partial charge is 0.462 e. The van der Waals surface area contributed by atoms with Gasteiger partial charge in [0, 0.05) is 13.6 Å². The molecule has 2 aromatic rings. The van der Waals surface area contributed by atoms with Crippen LogP contribution in [0.3, 0.4) is 0 Å². The number of carbonyl (C=O) groups excluding carboxylic acids is 1. The Labute approximate surface area is 219 Å². The molecular weight excluding hydrogens is 532 g/mol. The Morgan fingerprint density at radius 1 is 1.46 bits per heavy atom. The van der Waals surface area contributed by atoms with Crippen molar-refractivity contribution in [1.82, 2.24) is 24.6 Å². The molecule has 0 spiro atoms. The van der Waals surface area contributed by atoms with Crippen LogP contribution in [0.15, 0.2) is 6.33 Å². The summed E-state index contributed by atoms with van der Waals surface area (Å²) in [4.78, 5) is 26.6. The Hall–Kier alpha value is -2.22. The van der Waals surface area contributed by atoms with Gasteiger partial charge in [-0.2, -0.15) is 9.97 Å². The maximum Gasteiger partial charge on any atom is 0.613 e. The van der Waals surface area contributed by atoms with Gasteiger partial charge in [0.1, 0.15) is 24.4 Å². The predicted molar refractivity (Wildman–Crippen MR) is 135 cm³/mol. The SMILES string of the molecule is CCCN(C)c1nc(N)nc2c1ncn2[C@@H]1O[C@](CCl)(CO[P+](=O)N[C@@H](C)C(=O)OC(C)C)[C@@H](O)[C@H]1F. The third-order valence-electron chi connectivity index (χ3n) is 5.74. The highest BCUT2D eigenvalue weighted by atomic mass is 35.5. The number of esters is 1. The number of imidazole rings is 1. The highest BCUT2D eigenvalue weighted by molar-refractivity contribution is 7.36. The quantitative estimate of drug-likeness (QED) is 0.195. The molecule has 0 radical (unpaired) electrons. The van der Waals surface area contributed by atoms with Gasteiger partial charge in [-0.05, 0) is 31.8 Å². The molecule has 1 saturated heterocycles. The number of hydrogen-bond donors (Lipinski definition) is 3. The first-order chi connectivity index (χ1) is 17.4. The predicted octanol–water partition coefficient (Wildman–Crippen LogP) is 2.06. The molecule has 2 aromatic heterocycles. The first kappa shape index (κ1) is 29.3. The minimum Gasteiger partial charge on any atom is -0.462 e. The van der Waals surface area contributed by atoms with E-state index in [1.807, 2.05) is 18.9 Å². The van der Waals surface area contributed by atoms with Crippen LogP contribution in [0.2, 0.25) is 0 Å². The standard InChI is InChI=1S/C21H33ClFN7O6P/c1-6-7-29(5)16-14-17(27-20(24)26-16)30(10-25-14)18-13(23)15(31)21(8-22,36-18)9-34-37(33)28-12(4)19(32)35-11(2)3/h10-13,15,18,31H,6-9H2,1-5H3,(H,28,33)(H2,24,26,27)/q+1/t12-,13+,15-,18+,21+/m0/s1. The lowest BCUT2D eigenvalue weighted by Gasteiger charge is -2.26. The Kier molecular flexibility index (Phi) is 9.59. The van der Waals surface area contributed by atoms with Crippen molar-refractivity contribution in [3.63, 3.8) is 0 Å². The second-order valence-electron chi connectivity index (χ2n) is 9.11. The number of anilines is 2. The summed E-state index contributed by atoms with van der Waals surface area (Å²) in [6.45, 7) is 6.97. The first-order valence-electron chi connectivity index (χ1n) is 11.8. The number of ether oxygens (including phenoxy) is 2. The van der Waals surface area contributed by atoms with Gasteiger partial charge in [0.15, 0.2) is 29.4 Å². The van der Waals surface area contributed by atoms with Gasteiger partial charge in [-0.3, -0.25) is 9.36 Å². The van der Waals surface area contributed by atoms with Crippen molar-refractivity contribution in [2.24, 2.45) is 0 Å². The second kappa shape index (κ2) is 12.1. The Morgan fingerprint density at radius 2 is 2.16 bits per heavy atom. The molecule has 1 unspecified atom stereocenters. The number of nitrogen functional groups attached to an aromatic ring is 1. The van der Waals surface area contributed by atoms with E-state index in [1.165, 1.54) is 17.8 Å². The summed E-state index contributed by atoms with van der Waals surface area (Å²) in [5, 5.41) is 13.2. The van der Waals surface area contributed by atoms with E-state index >= 15 is 4.39 Å². The topological polar surface area (TPSA) is 167 Å². The minimum atomic E-state index is -2.61. The number of alkyl halides is 2. The second-order valence-corrected chi connectivity index (χ2v) is 10.4. The lowest BCUT2D eigenvalue weighted by atomic mass is 9.99. The molecule has 0 bridgehead atoms. The summed E-state index contributed by atoms with van der Waals surface area (Å²) in [6.07, 6.45) is -3.26. The number of rotatable bonds is 12. The van der Waals surface area contributed by atoms with Crippen molar-refractivity contribution in [1.29, 1.82) is 0 Å². The summed E-state index contributed by atoms with van der Waals surface area (Å²) in [7, 11) is -0.781. The molecule has 37 heavy (non-hydrogen) atoms. The molecule has 13 nitrogen and oxygen atoms in total. The van der Waals surface area contributed by atoms with E-state index in [1.54, 1.807) is 13.8 Å². The molecule has 206 valence electrons. The van der Waals surface area contributed by atoms with Crippen LogP contribution in [-0.4, -0.2) is 86.7 Å². The summed E-state index contributed by atoms with van der Waals surface area (Å²) >= 11 is 6.10. The summed E-state index contributed by atoms with van der Waals surface area (Å²) in [6, 6.07) is -0.934. The number of aliphatic hydroxyl groups is 1. The third-order valence-corrected chi connectivity index (χ3v) is 7.15. The van der Waals surface area contributed by atoms with Gasteiger partial charge in [-0.25, -0.2) is 9.37 Å². The number of nitrogens with one attached hydrogen (secondary N) is 1. The fourth-order valence-corrected chi connectivity index (χ4v) is 4.99. The fourth-order valence-electron chi connectivity index (χ4n) is 3.86. The average Bonchev–Trinajstić information content (AvgIpc) is 3.36. The molecule has 1 fully saturated rings. The molecular formula is C21H33ClFN7O6P+. The van der Waals surface area contributed by atoms with E-state index in [0.717, 1.165) is 6.42 Å². The third kappa shape index (κ3) is 6.27. The van der Waals surface area contributed by atoms with E-state index in [-0.39, 0.29) is 23.6 Å². The van der Waals surface area contributed by atoms with Gasteiger partial charge in [-0.1, -0.05) is 12.0 Å². The van der Waals surface area contributed by atoms with Crippen LogP contribution in [-0.2, 0) is 23.4 Å². The molecule has 3 heterocycles. The van der Waals surface area contributed by atoms with Gasteiger partial charge in [0.2, 0.25) is 5.95 Å². The van der Waals surface area contributed by atoms with Crippen LogP contribution in [0.4, 0.5) is 16.2 Å². The van der Waals surface area contributed by atoms with E-state index in [0.29, 0.717) is 17.9 Å². The Balaban J connectivity index is 1.79. The van der Waals surface area contributed by atoms with E-state index in [9.17, 15) is 14.5 Å². The van der Waals surface area contributed by atoms with Gasteiger partial charge in [0.05, 0.1) is 18.3 Å².